The predicted octanol–water partition coefficient (Wildman–Crippen LogP) is 2.18. The van der Waals surface area contributed by atoms with Gasteiger partial charge in [-0.3, -0.25) is 14.7 Å². The number of fused-ring (bicyclic) bond motifs is 2. The van der Waals surface area contributed by atoms with Crippen molar-refractivity contribution in [2.75, 3.05) is 20.1 Å². The molecular formula is C19H21N5O2. The van der Waals surface area contributed by atoms with Gasteiger partial charge in [-0.1, -0.05) is 18.2 Å². The van der Waals surface area contributed by atoms with Crippen molar-refractivity contribution in [2.45, 2.75) is 19.9 Å². The van der Waals surface area contributed by atoms with Gasteiger partial charge in [-0.2, -0.15) is 5.10 Å². The molecule has 0 saturated carbocycles. The molecule has 4 rings (SSSR count). The minimum absolute atomic E-state index is 0.0599. The Balaban J connectivity index is 1.60. The molecule has 0 unspecified atom stereocenters. The van der Waals surface area contributed by atoms with Crippen LogP contribution in [0.3, 0.4) is 0 Å². The lowest BCUT2D eigenvalue weighted by Gasteiger charge is -2.27. The summed E-state index contributed by atoms with van der Waals surface area (Å²) in [5, 5.41) is 8.18. The van der Waals surface area contributed by atoms with E-state index in [9.17, 15) is 9.59 Å². The lowest BCUT2D eigenvalue weighted by molar-refractivity contribution is 0.0719. The van der Waals surface area contributed by atoms with Gasteiger partial charge in [-0.25, -0.2) is 0 Å². The fourth-order valence-electron chi connectivity index (χ4n) is 3.33. The Hall–Kier alpha value is -3.09. The van der Waals surface area contributed by atoms with Crippen LogP contribution >= 0.6 is 0 Å². The summed E-state index contributed by atoms with van der Waals surface area (Å²) in [6, 6.07) is 9.69. The molecule has 0 bridgehead atoms. The van der Waals surface area contributed by atoms with Crippen molar-refractivity contribution >= 4 is 22.7 Å². The van der Waals surface area contributed by atoms with Gasteiger partial charge in [0.25, 0.3) is 11.8 Å². The number of amides is 2. The molecule has 2 aromatic heterocycles. The highest BCUT2D eigenvalue weighted by Crippen LogP contribution is 2.24. The summed E-state index contributed by atoms with van der Waals surface area (Å²) >= 11 is 0. The summed E-state index contributed by atoms with van der Waals surface area (Å²) in [4.78, 5) is 32.0. The smallest absolute Gasteiger partial charge is 0.274 e. The number of hydrogen-bond donors (Lipinski definition) is 2. The number of benzene rings is 1. The van der Waals surface area contributed by atoms with Gasteiger partial charge in [0.2, 0.25) is 0 Å². The molecule has 134 valence electrons. The first-order valence-electron chi connectivity index (χ1n) is 8.77. The van der Waals surface area contributed by atoms with Crippen molar-refractivity contribution in [1.82, 2.24) is 25.0 Å². The molecule has 0 spiro atoms. The minimum atomic E-state index is -0.120. The quantitative estimate of drug-likeness (QED) is 0.758. The Morgan fingerprint density at radius 3 is 2.88 bits per heavy atom. The standard InChI is InChI=1S/C19H21N5O2/c1-3-23(2)19(26)17-13-11-24(9-8-15(13)21-22-17)18(25)16-10-12-6-4-5-7-14(12)20-16/h4-7,10,20H,3,8-9,11H2,1-2H3,(H,21,22). The second kappa shape index (κ2) is 6.33. The molecule has 26 heavy (non-hydrogen) atoms. The van der Waals surface area contributed by atoms with Crippen LogP contribution in [0.4, 0.5) is 0 Å². The fraction of sp³-hybridized carbons (Fsp3) is 0.316. The summed E-state index contributed by atoms with van der Waals surface area (Å²) in [5.74, 6) is -0.180. The van der Waals surface area contributed by atoms with Gasteiger partial charge in [0.15, 0.2) is 5.69 Å². The monoisotopic (exact) mass is 351 g/mol. The van der Waals surface area contributed by atoms with E-state index in [4.69, 9.17) is 0 Å². The van der Waals surface area contributed by atoms with E-state index < -0.39 is 0 Å². The van der Waals surface area contributed by atoms with Crippen molar-refractivity contribution in [3.05, 3.63) is 53.0 Å². The molecule has 0 radical (unpaired) electrons. The molecule has 3 heterocycles. The third-order valence-corrected chi connectivity index (χ3v) is 5.00. The van der Waals surface area contributed by atoms with Crippen LogP contribution in [0.15, 0.2) is 30.3 Å². The Kier molecular flexibility index (Phi) is 3.99. The van der Waals surface area contributed by atoms with E-state index in [1.807, 2.05) is 37.3 Å². The van der Waals surface area contributed by atoms with E-state index in [2.05, 4.69) is 15.2 Å². The fourth-order valence-corrected chi connectivity index (χ4v) is 3.33. The Labute approximate surface area is 151 Å². The number of carbonyl (C=O) groups is 2. The van der Waals surface area contributed by atoms with Crippen LogP contribution in [0.25, 0.3) is 10.9 Å². The zero-order valence-corrected chi connectivity index (χ0v) is 14.9. The molecule has 0 aliphatic carbocycles. The van der Waals surface area contributed by atoms with Gasteiger partial charge < -0.3 is 14.8 Å². The first kappa shape index (κ1) is 16.4. The third kappa shape index (κ3) is 2.65. The summed E-state index contributed by atoms with van der Waals surface area (Å²) in [5.41, 5.74) is 3.69. The van der Waals surface area contributed by atoms with Gasteiger partial charge in [0.1, 0.15) is 5.69 Å². The Bertz CT molecular complexity index is 954. The number of nitrogens with one attached hydrogen (secondary N) is 2. The number of para-hydroxylation sites is 1. The van der Waals surface area contributed by atoms with Crippen molar-refractivity contribution in [1.29, 1.82) is 0 Å². The second-order valence-electron chi connectivity index (χ2n) is 6.60. The maximum Gasteiger partial charge on any atom is 0.274 e. The Morgan fingerprint density at radius 1 is 1.31 bits per heavy atom. The average Bonchev–Trinajstić information content (AvgIpc) is 3.29. The van der Waals surface area contributed by atoms with Gasteiger partial charge in [-0.15, -0.1) is 0 Å². The summed E-state index contributed by atoms with van der Waals surface area (Å²) in [6.45, 7) is 3.51. The van der Waals surface area contributed by atoms with Crippen molar-refractivity contribution in [3.63, 3.8) is 0 Å². The lowest BCUT2D eigenvalue weighted by Crippen LogP contribution is -2.37. The van der Waals surface area contributed by atoms with Gasteiger partial charge in [-0.05, 0) is 19.1 Å². The van der Waals surface area contributed by atoms with Crippen LogP contribution in [0, 0.1) is 0 Å². The largest absolute Gasteiger partial charge is 0.351 e. The number of carbonyl (C=O) groups excluding carboxylic acids is 2. The number of aromatic amines is 2. The van der Waals surface area contributed by atoms with Crippen LogP contribution in [-0.4, -0.2) is 56.9 Å². The molecule has 0 saturated heterocycles. The SMILES string of the molecule is CCN(C)C(=O)c1n[nH]c2c1CN(C(=O)c1cc3ccccc3[nH]1)CC2. The first-order chi connectivity index (χ1) is 12.6. The van der Waals surface area contributed by atoms with Crippen molar-refractivity contribution in [2.24, 2.45) is 0 Å². The van der Waals surface area contributed by atoms with E-state index in [-0.39, 0.29) is 11.8 Å². The van der Waals surface area contributed by atoms with Crippen LogP contribution in [0.2, 0.25) is 0 Å². The molecule has 0 fully saturated rings. The Morgan fingerprint density at radius 2 is 2.12 bits per heavy atom. The van der Waals surface area contributed by atoms with Crippen LogP contribution in [0.5, 0.6) is 0 Å². The molecule has 2 N–H and O–H groups in total. The summed E-state index contributed by atoms with van der Waals surface area (Å²) in [6.07, 6.45) is 0.664. The highest BCUT2D eigenvalue weighted by molar-refractivity contribution is 5.98. The van der Waals surface area contributed by atoms with Gasteiger partial charge in [0.05, 0.1) is 6.54 Å². The van der Waals surface area contributed by atoms with E-state index in [0.717, 1.165) is 22.2 Å². The van der Waals surface area contributed by atoms with Gasteiger partial charge in [0, 0.05) is 48.7 Å². The van der Waals surface area contributed by atoms with Crippen molar-refractivity contribution in [3.8, 4) is 0 Å². The molecule has 1 aliphatic rings. The van der Waals surface area contributed by atoms with Crippen LogP contribution in [0.1, 0.15) is 39.2 Å². The second-order valence-corrected chi connectivity index (χ2v) is 6.60. The molecule has 2 amide bonds. The van der Waals surface area contributed by atoms with E-state index >= 15 is 0 Å². The number of H-pyrrole nitrogens is 2. The molecule has 1 aliphatic heterocycles. The highest BCUT2D eigenvalue weighted by Gasteiger charge is 2.29. The average molecular weight is 351 g/mol. The third-order valence-electron chi connectivity index (χ3n) is 5.00. The zero-order chi connectivity index (χ0) is 18.3. The zero-order valence-electron chi connectivity index (χ0n) is 14.9. The maximum absolute atomic E-state index is 12.9. The predicted molar refractivity (Wildman–Crippen MR) is 98.0 cm³/mol. The topological polar surface area (TPSA) is 85.1 Å². The number of hydrogen-bond acceptors (Lipinski definition) is 3. The number of nitrogens with zero attached hydrogens (tertiary/aromatic N) is 3. The van der Waals surface area contributed by atoms with Crippen LogP contribution in [-0.2, 0) is 13.0 Å². The maximum atomic E-state index is 12.9. The van der Waals surface area contributed by atoms with Gasteiger partial charge >= 0.3 is 0 Å². The summed E-state index contributed by atoms with van der Waals surface area (Å²) < 4.78 is 0. The van der Waals surface area contributed by atoms with Crippen molar-refractivity contribution < 1.29 is 9.59 Å². The molecular weight excluding hydrogens is 330 g/mol. The molecule has 1 aromatic carbocycles. The van der Waals surface area contributed by atoms with E-state index in [0.29, 0.717) is 37.4 Å². The number of aromatic nitrogens is 3. The normalized spacial score (nSPS) is 13.7. The molecule has 3 aromatic rings. The van der Waals surface area contributed by atoms with E-state index in [1.165, 1.54) is 0 Å². The highest BCUT2D eigenvalue weighted by atomic mass is 16.2. The molecule has 7 heteroatoms. The molecule has 7 nitrogen and oxygen atoms in total. The lowest BCUT2D eigenvalue weighted by atomic mass is 10.0. The minimum Gasteiger partial charge on any atom is -0.351 e. The van der Waals surface area contributed by atoms with Crippen LogP contribution < -0.4 is 0 Å². The summed E-state index contributed by atoms with van der Waals surface area (Å²) in [7, 11) is 1.75. The number of rotatable bonds is 3. The molecule has 0 atom stereocenters. The first-order valence-corrected chi connectivity index (χ1v) is 8.77. The van der Waals surface area contributed by atoms with E-state index in [1.54, 1.807) is 16.8 Å².